The maximum absolute atomic E-state index is 12.6. The number of carbonyl (C=O) groups is 5. The number of carboxylic acids is 2. The van der Waals surface area contributed by atoms with Crippen molar-refractivity contribution in [3.8, 4) is 0 Å². The van der Waals surface area contributed by atoms with E-state index in [1.807, 2.05) is 0 Å². The van der Waals surface area contributed by atoms with Crippen LogP contribution in [0.3, 0.4) is 0 Å². The molecule has 0 aromatic carbocycles. The lowest BCUT2D eigenvalue weighted by Crippen LogP contribution is -2.57. The molecule has 166 valence electrons. The molecule has 0 spiro atoms. The summed E-state index contributed by atoms with van der Waals surface area (Å²) < 4.78 is 0. The molecule has 29 heavy (non-hydrogen) atoms. The molecule has 0 bridgehead atoms. The average molecular weight is 418 g/mol. The first-order chi connectivity index (χ1) is 13.4. The molecule has 8 N–H and O–H groups in total. The number of amides is 3. The molecule has 0 aliphatic carbocycles. The van der Waals surface area contributed by atoms with Gasteiger partial charge in [0.25, 0.3) is 0 Å². The number of rotatable bonds is 13. The normalized spacial score (nSPS) is 15.0. The van der Waals surface area contributed by atoms with E-state index in [2.05, 4.69) is 16.0 Å². The van der Waals surface area contributed by atoms with Gasteiger partial charge in [0.05, 0.1) is 6.61 Å². The van der Waals surface area contributed by atoms with Gasteiger partial charge in [-0.15, -0.1) is 0 Å². The van der Waals surface area contributed by atoms with Crippen LogP contribution in [0.5, 0.6) is 0 Å². The molecule has 0 saturated heterocycles. The minimum Gasteiger partial charge on any atom is -0.481 e. The summed E-state index contributed by atoms with van der Waals surface area (Å²) in [5.41, 5.74) is 5.39. The van der Waals surface area contributed by atoms with Crippen LogP contribution >= 0.6 is 0 Å². The van der Waals surface area contributed by atoms with Crippen LogP contribution in [0, 0.1) is 5.92 Å². The lowest BCUT2D eigenvalue weighted by atomic mass is 10.0. The largest absolute Gasteiger partial charge is 0.481 e. The van der Waals surface area contributed by atoms with Gasteiger partial charge in [-0.3, -0.25) is 24.0 Å². The highest BCUT2D eigenvalue weighted by molar-refractivity contribution is 5.94. The van der Waals surface area contributed by atoms with Crippen molar-refractivity contribution < 1.29 is 39.3 Å². The summed E-state index contributed by atoms with van der Waals surface area (Å²) >= 11 is 0. The molecule has 12 heteroatoms. The summed E-state index contributed by atoms with van der Waals surface area (Å²) in [7, 11) is 0. The fourth-order valence-corrected chi connectivity index (χ4v) is 2.25. The van der Waals surface area contributed by atoms with Crippen molar-refractivity contribution in [1.82, 2.24) is 16.0 Å². The van der Waals surface area contributed by atoms with Crippen LogP contribution < -0.4 is 21.7 Å². The van der Waals surface area contributed by atoms with Crippen molar-refractivity contribution in [3.05, 3.63) is 0 Å². The molecular formula is C17H30N4O8. The molecule has 0 heterocycles. The second-order valence-corrected chi connectivity index (χ2v) is 7.04. The van der Waals surface area contributed by atoms with E-state index in [-0.39, 0.29) is 18.8 Å². The molecule has 3 amide bonds. The summed E-state index contributed by atoms with van der Waals surface area (Å²) in [6.07, 6.45) is -0.532. The monoisotopic (exact) mass is 418 g/mol. The Hall–Kier alpha value is -2.73. The summed E-state index contributed by atoms with van der Waals surface area (Å²) in [6, 6.07) is -4.89. The molecule has 12 nitrogen and oxygen atoms in total. The van der Waals surface area contributed by atoms with Crippen molar-refractivity contribution in [1.29, 1.82) is 0 Å². The Labute approximate surface area is 168 Å². The fraction of sp³-hybridized carbons (Fsp3) is 0.706. The smallest absolute Gasteiger partial charge is 0.325 e. The van der Waals surface area contributed by atoms with Gasteiger partial charge in [0.1, 0.15) is 24.2 Å². The Morgan fingerprint density at radius 1 is 0.862 bits per heavy atom. The number of aliphatic hydroxyl groups is 1. The zero-order chi connectivity index (χ0) is 22.7. The van der Waals surface area contributed by atoms with Crippen LogP contribution in [0.1, 0.15) is 40.0 Å². The van der Waals surface area contributed by atoms with E-state index in [4.69, 9.17) is 21.1 Å². The summed E-state index contributed by atoms with van der Waals surface area (Å²) in [6.45, 7) is 4.17. The number of nitrogens with one attached hydrogen (secondary N) is 3. The second kappa shape index (κ2) is 12.7. The van der Waals surface area contributed by atoms with Gasteiger partial charge in [0.2, 0.25) is 17.7 Å². The number of hydrogen-bond donors (Lipinski definition) is 7. The van der Waals surface area contributed by atoms with Crippen molar-refractivity contribution in [2.45, 2.75) is 64.2 Å². The zero-order valence-corrected chi connectivity index (χ0v) is 16.7. The Bertz CT molecular complexity index is 610. The Kier molecular flexibility index (Phi) is 11.5. The van der Waals surface area contributed by atoms with Gasteiger partial charge in [0.15, 0.2) is 0 Å². The van der Waals surface area contributed by atoms with Crippen molar-refractivity contribution in [2.24, 2.45) is 11.7 Å². The van der Waals surface area contributed by atoms with E-state index in [1.54, 1.807) is 13.8 Å². The van der Waals surface area contributed by atoms with Crippen LogP contribution in [-0.4, -0.2) is 75.8 Å². The second-order valence-electron chi connectivity index (χ2n) is 7.04. The molecular weight excluding hydrogens is 388 g/mol. The van der Waals surface area contributed by atoms with E-state index < -0.39 is 66.9 Å². The number of nitrogens with two attached hydrogens (primary N) is 1. The van der Waals surface area contributed by atoms with Crippen LogP contribution in [0.25, 0.3) is 0 Å². The summed E-state index contributed by atoms with van der Waals surface area (Å²) in [5.74, 6) is -4.90. The molecule has 0 rings (SSSR count). The van der Waals surface area contributed by atoms with Crippen LogP contribution in [0.4, 0.5) is 0 Å². The SMILES string of the molecule is CC(C)CC(NC(=O)C(CCC(=O)O)NC(=O)C(N)CO)C(=O)NC(C)C(=O)O. The van der Waals surface area contributed by atoms with E-state index in [9.17, 15) is 24.0 Å². The van der Waals surface area contributed by atoms with Crippen LogP contribution in [-0.2, 0) is 24.0 Å². The minimum absolute atomic E-state index is 0.0407. The van der Waals surface area contributed by atoms with E-state index in [1.165, 1.54) is 6.92 Å². The van der Waals surface area contributed by atoms with Crippen molar-refractivity contribution in [2.75, 3.05) is 6.61 Å². The highest BCUT2D eigenvalue weighted by Gasteiger charge is 2.30. The zero-order valence-electron chi connectivity index (χ0n) is 16.7. The molecule has 0 aromatic rings. The quantitative estimate of drug-likeness (QED) is 0.172. The Morgan fingerprint density at radius 2 is 1.38 bits per heavy atom. The number of aliphatic hydroxyl groups excluding tert-OH is 1. The Balaban J connectivity index is 5.35. The minimum atomic E-state index is -1.31. The first-order valence-corrected chi connectivity index (χ1v) is 9.11. The maximum Gasteiger partial charge on any atom is 0.325 e. The van der Waals surface area contributed by atoms with Gasteiger partial charge in [-0.1, -0.05) is 13.8 Å². The number of aliphatic carboxylic acids is 2. The van der Waals surface area contributed by atoms with Crippen LogP contribution in [0.15, 0.2) is 0 Å². The van der Waals surface area contributed by atoms with Gasteiger partial charge in [0, 0.05) is 6.42 Å². The average Bonchev–Trinajstić information content (AvgIpc) is 2.62. The molecule has 4 unspecified atom stereocenters. The molecule has 4 atom stereocenters. The van der Waals surface area contributed by atoms with Crippen molar-refractivity contribution in [3.63, 3.8) is 0 Å². The van der Waals surface area contributed by atoms with Gasteiger partial charge < -0.3 is 37.0 Å². The maximum atomic E-state index is 12.6. The first kappa shape index (κ1) is 26.3. The lowest BCUT2D eigenvalue weighted by molar-refractivity contribution is -0.142. The van der Waals surface area contributed by atoms with Crippen LogP contribution in [0.2, 0.25) is 0 Å². The highest BCUT2D eigenvalue weighted by atomic mass is 16.4. The third-order valence-electron chi connectivity index (χ3n) is 3.88. The van der Waals surface area contributed by atoms with E-state index >= 15 is 0 Å². The van der Waals surface area contributed by atoms with Gasteiger partial charge >= 0.3 is 11.9 Å². The third kappa shape index (κ3) is 10.4. The number of hydrogen-bond acceptors (Lipinski definition) is 7. The number of carbonyl (C=O) groups excluding carboxylic acids is 3. The third-order valence-corrected chi connectivity index (χ3v) is 3.88. The summed E-state index contributed by atoms with van der Waals surface area (Å²) in [5, 5.41) is 33.6. The summed E-state index contributed by atoms with van der Waals surface area (Å²) in [4.78, 5) is 58.6. The van der Waals surface area contributed by atoms with E-state index in [0.717, 1.165) is 0 Å². The fourth-order valence-electron chi connectivity index (χ4n) is 2.25. The molecule has 0 fully saturated rings. The Morgan fingerprint density at radius 3 is 1.83 bits per heavy atom. The highest BCUT2D eigenvalue weighted by Crippen LogP contribution is 2.07. The van der Waals surface area contributed by atoms with Crippen molar-refractivity contribution >= 4 is 29.7 Å². The lowest BCUT2D eigenvalue weighted by Gasteiger charge is -2.25. The molecule has 0 saturated carbocycles. The molecule has 0 aromatic heterocycles. The standard InChI is InChI=1S/C17H30N4O8/c1-8(2)6-12(16(27)19-9(3)17(28)29)21-15(26)11(4-5-13(23)24)20-14(25)10(18)7-22/h8-12,22H,4-7,18H2,1-3H3,(H,19,27)(H,20,25)(H,21,26)(H,23,24)(H,28,29). The van der Waals surface area contributed by atoms with Gasteiger partial charge in [-0.2, -0.15) is 0 Å². The van der Waals surface area contributed by atoms with Gasteiger partial charge in [-0.05, 0) is 25.7 Å². The number of carboxylic acid groups (broad SMARTS) is 2. The molecule has 0 radical (unpaired) electrons. The predicted octanol–water partition coefficient (Wildman–Crippen LogP) is -2.22. The molecule has 0 aliphatic rings. The van der Waals surface area contributed by atoms with E-state index in [0.29, 0.717) is 0 Å². The predicted molar refractivity (Wildman–Crippen MR) is 100 cm³/mol. The topological polar surface area (TPSA) is 208 Å². The van der Waals surface area contributed by atoms with Gasteiger partial charge in [-0.25, -0.2) is 0 Å². The molecule has 0 aliphatic heterocycles. The first-order valence-electron chi connectivity index (χ1n) is 9.11.